The van der Waals surface area contributed by atoms with Crippen LogP contribution in [0.3, 0.4) is 0 Å². The van der Waals surface area contributed by atoms with Crippen molar-refractivity contribution in [3.05, 3.63) is 22.4 Å². The van der Waals surface area contributed by atoms with Crippen molar-refractivity contribution >= 4 is 29.2 Å². The van der Waals surface area contributed by atoms with E-state index in [1.54, 1.807) is 0 Å². The van der Waals surface area contributed by atoms with Gasteiger partial charge in [0.2, 0.25) is 5.91 Å². The van der Waals surface area contributed by atoms with E-state index in [4.69, 9.17) is 0 Å². The second-order valence-corrected chi connectivity index (χ2v) is 5.19. The number of carbonyl (C=O) groups excluding carboxylic acids is 3. The molecule has 0 unspecified atom stereocenters. The largest absolute Gasteiger partial charge is 0.468 e. The Kier molecular flexibility index (Phi) is 7.41. The van der Waals surface area contributed by atoms with E-state index >= 15 is 0 Å². The number of thiophene rings is 1. The molecule has 1 aromatic heterocycles. The zero-order valence-electron chi connectivity index (χ0n) is 12.0. The fourth-order valence-corrected chi connectivity index (χ4v) is 2.16. The number of hydrogen-bond acceptors (Lipinski definition) is 7. The number of rotatable bonds is 8. The Bertz CT molecular complexity index is 457. The highest BCUT2D eigenvalue weighted by molar-refractivity contribution is 7.09. The molecule has 0 aliphatic rings. The SMILES string of the molecule is COC(=O)CN(CC(=O)NCc1cccs1)CC(=O)OC. The second-order valence-electron chi connectivity index (χ2n) is 4.15. The van der Waals surface area contributed by atoms with Crippen molar-refractivity contribution < 1.29 is 23.9 Å². The molecule has 0 aliphatic carbocycles. The molecule has 0 aromatic carbocycles. The molecule has 1 amide bonds. The number of nitrogens with zero attached hydrogens (tertiary/aromatic N) is 1. The maximum absolute atomic E-state index is 11.8. The van der Waals surface area contributed by atoms with Gasteiger partial charge in [-0.15, -0.1) is 11.3 Å². The molecule has 0 radical (unpaired) electrons. The van der Waals surface area contributed by atoms with Crippen molar-refractivity contribution in [2.75, 3.05) is 33.9 Å². The van der Waals surface area contributed by atoms with Crippen LogP contribution < -0.4 is 5.32 Å². The van der Waals surface area contributed by atoms with Crippen molar-refractivity contribution in [3.8, 4) is 0 Å². The molecule has 0 fully saturated rings. The van der Waals surface area contributed by atoms with Crippen molar-refractivity contribution in [1.29, 1.82) is 0 Å². The summed E-state index contributed by atoms with van der Waals surface area (Å²) in [4.78, 5) is 36.8. The van der Waals surface area contributed by atoms with Crippen LogP contribution in [0, 0.1) is 0 Å². The molecule has 1 heterocycles. The summed E-state index contributed by atoms with van der Waals surface area (Å²) in [5, 5.41) is 4.64. The molecule has 0 aliphatic heterocycles. The van der Waals surface area contributed by atoms with E-state index in [9.17, 15) is 14.4 Å². The molecule has 116 valence electrons. The van der Waals surface area contributed by atoms with Gasteiger partial charge in [-0.2, -0.15) is 0 Å². The number of carbonyl (C=O) groups is 3. The summed E-state index contributed by atoms with van der Waals surface area (Å²) < 4.78 is 9.07. The van der Waals surface area contributed by atoms with Crippen LogP contribution in [-0.2, 0) is 30.4 Å². The predicted molar refractivity (Wildman–Crippen MR) is 76.6 cm³/mol. The van der Waals surface area contributed by atoms with Crippen LogP contribution >= 0.6 is 11.3 Å². The third-order valence-electron chi connectivity index (χ3n) is 2.57. The number of methoxy groups -OCH3 is 2. The Morgan fingerprint density at radius 3 is 2.24 bits per heavy atom. The third-order valence-corrected chi connectivity index (χ3v) is 3.44. The zero-order chi connectivity index (χ0) is 15.7. The summed E-state index contributed by atoms with van der Waals surface area (Å²) >= 11 is 1.54. The lowest BCUT2D eigenvalue weighted by Crippen LogP contribution is -2.42. The van der Waals surface area contributed by atoms with Crippen LogP contribution in [0.5, 0.6) is 0 Å². The second kappa shape index (κ2) is 9.09. The number of nitrogens with one attached hydrogen (secondary N) is 1. The molecule has 0 atom stereocenters. The molecule has 0 saturated heterocycles. The molecule has 0 saturated carbocycles. The minimum atomic E-state index is -0.523. The zero-order valence-corrected chi connectivity index (χ0v) is 12.8. The highest BCUT2D eigenvalue weighted by Gasteiger charge is 2.18. The molecule has 21 heavy (non-hydrogen) atoms. The van der Waals surface area contributed by atoms with Gasteiger partial charge < -0.3 is 14.8 Å². The maximum Gasteiger partial charge on any atom is 0.319 e. The van der Waals surface area contributed by atoms with Crippen molar-refractivity contribution in [2.24, 2.45) is 0 Å². The monoisotopic (exact) mass is 314 g/mol. The fraction of sp³-hybridized carbons (Fsp3) is 0.462. The van der Waals surface area contributed by atoms with Crippen molar-refractivity contribution in [3.63, 3.8) is 0 Å². The first kappa shape index (κ1) is 17.1. The number of ether oxygens (including phenoxy) is 2. The first-order valence-electron chi connectivity index (χ1n) is 6.20. The van der Waals surface area contributed by atoms with Gasteiger partial charge in [0.15, 0.2) is 0 Å². The van der Waals surface area contributed by atoms with Crippen LogP contribution in [0.1, 0.15) is 4.88 Å². The lowest BCUT2D eigenvalue weighted by molar-refractivity contribution is -0.146. The smallest absolute Gasteiger partial charge is 0.319 e. The van der Waals surface area contributed by atoms with Crippen LogP contribution in [0.15, 0.2) is 17.5 Å². The highest BCUT2D eigenvalue weighted by Crippen LogP contribution is 2.07. The van der Waals surface area contributed by atoms with Crippen molar-refractivity contribution in [1.82, 2.24) is 10.2 Å². The van der Waals surface area contributed by atoms with Gasteiger partial charge in [-0.05, 0) is 11.4 Å². The predicted octanol–water partition coefficient (Wildman–Crippen LogP) is 0.0123. The van der Waals surface area contributed by atoms with E-state index in [1.807, 2.05) is 17.5 Å². The van der Waals surface area contributed by atoms with Gasteiger partial charge in [-0.3, -0.25) is 19.3 Å². The Hall–Kier alpha value is -1.93. The van der Waals surface area contributed by atoms with Gasteiger partial charge >= 0.3 is 11.9 Å². The summed E-state index contributed by atoms with van der Waals surface area (Å²) in [7, 11) is 2.49. The fourth-order valence-electron chi connectivity index (χ4n) is 1.52. The minimum absolute atomic E-state index is 0.0877. The summed E-state index contributed by atoms with van der Waals surface area (Å²) in [6.07, 6.45) is 0. The van der Waals surface area contributed by atoms with Crippen LogP contribution in [-0.4, -0.2) is 56.6 Å². The van der Waals surface area contributed by atoms with Gasteiger partial charge in [-0.1, -0.05) is 6.07 Å². The minimum Gasteiger partial charge on any atom is -0.468 e. The van der Waals surface area contributed by atoms with Gasteiger partial charge in [0.25, 0.3) is 0 Å². The average molecular weight is 314 g/mol. The molecule has 0 spiro atoms. The summed E-state index contributed by atoms with van der Waals surface area (Å²) in [6.45, 7) is 0.0202. The van der Waals surface area contributed by atoms with Crippen LogP contribution in [0.4, 0.5) is 0 Å². The molecule has 1 aromatic rings. The first-order valence-corrected chi connectivity index (χ1v) is 7.08. The van der Waals surface area contributed by atoms with Gasteiger partial charge in [0, 0.05) is 4.88 Å². The molecule has 7 nitrogen and oxygen atoms in total. The van der Waals surface area contributed by atoms with Crippen LogP contribution in [0.2, 0.25) is 0 Å². The lowest BCUT2D eigenvalue weighted by atomic mass is 10.4. The standard InChI is InChI=1S/C13H18N2O5S/c1-19-12(17)8-15(9-13(18)20-2)7-11(16)14-6-10-4-3-5-21-10/h3-5H,6-9H2,1-2H3,(H,14,16). The maximum atomic E-state index is 11.8. The molecule has 8 heteroatoms. The molecule has 1 N–H and O–H groups in total. The Morgan fingerprint density at radius 1 is 1.14 bits per heavy atom. The van der Waals surface area contributed by atoms with E-state index in [2.05, 4.69) is 14.8 Å². The topological polar surface area (TPSA) is 84.9 Å². The van der Waals surface area contributed by atoms with E-state index in [-0.39, 0.29) is 25.5 Å². The Balaban J connectivity index is 2.47. The van der Waals surface area contributed by atoms with E-state index in [0.29, 0.717) is 6.54 Å². The van der Waals surface area contributed by atoms with E-state index in [1.165, 1.54) is 30.5 Å². The lowest BCUT2D eigenvalue weighted by Gasteiger charge is -2.18. The summed E-state index contributed by atoms with van der Waals surface area (Å²) in [5.41, 5.74) is 0. The first-order chi connectivity index (χ1) is 10.0. The van der Waals surface area contributed by atoms with Gasteiger partial charge in [-0.25, -0.2) is 0 Å². The molecule has 0 bridgehead atoms. The molecular weight excluding hydrogens is 296 g/mol. The summed E-state index contributed by atoms with van der Waals surface area (Å²) in [5.74, 6) is -1.33. The quantitative estimate of drug-likeness (QED) is 0.681. The van der Waals surface area contributed by atoms with E-state index in [0.717, 1.165) is 4.88 Å². The Morgan fingerprint density at radius 2 is 1.76 bits per heavy atom. The average Bonchev–Trinajstić information content (AvgIpc) is 2.97. The van der Waals surface area contributed by atoms with E-state index < -0.39 is 11.9 Å². The van der Waals surface area contributed by atoms with Crippen LogP contribution in [0.25, 0.3) is 0 Å². The molecular formula is C13H18N2O5S. The summed E-state index contributed by atoms with van der Waals surface area (Å²) in [6, 6.07) is 3.80. The van der Waals surface area contributed by atoms with Gasteiger partial charge in [0.1, 0.15) is 0 Å². The highest BCUT2D eigenvalue weighted by atomic mass is 32.1. The molecule has 1 rings (SSSR count). The Labute approximate surface area is 126 Å². The normalized spacial score (nSPS) is 10.2. The number of esters is 2. The number of hydrogen-bond donors (Lipinski definition) is 1. The number of amides is 1. The van der Waals surface area contributed by atoms with Crippen molar-refractivity contribution in [2.45, 2.75) is 6.54 Å². The van der Waals surface area contributed by atoms with Gasteiger partial charge in [0.05, 0.1) is 40.4 Å². The third kappa shape index (κ3) is 6.87.